The molecule has 2 aromatic rings. The highest BCUT2D eigenvalue weighted by Gasteiger charge is 2.20. The van der Waals surface area contributed by atoms with Gasteiger partial charge < -0.3 is 4.74 Å². The Hall–Kier alpha value is -0.940. The van der Waals surface area contributed by atoms with Crippen LogP contribution in [0.15, 0.2) is 22.8 Å². The van der Waals surface area contributed by atoms with Gasteiger partial charge >= 0.3 is 0 Å². The lowest BCUT2D eigenvalue weighted by molar-refractivity contribution is -0.0369. The zero-order valence-electron chi connectivity index (χ0n) is 9.20. The number of aromatic nitrogens is 2. The largest absolute Gasteiger partial charge is 0.356 e. The van der Waals surface area contributed by atoms with Crippen LogP contribution in [0, 0.1) is 5.82 Å². The maximum atomic E-state index is 13.9. The lowest BCUT2D eigenvalue weighted by atomic mass is 10.2. The van der Waals surface area contributed by atoms with Gasteiger partial charge in [-0.05, 0) is 31.4 Å². The monoisotopic (exact) mass is 298 g/mol. The molecule has 0 amide bonds. The minimum atomic E-state index is -0.255. The zero-order chi connectivity index (χ0) is 11.8. The van der Waals surface area contributed by atoms with Crippen LogP contribution < -0.4 is 0 Å². The van der Waals surface area contributed by atoms with Crippen LogP contribution in [0.5, 0.6) is 0 Å². The smallest absolute Gasteiger partial charge is 0.150 e. The fourth-order valence-corrected chi connectivity index (χ4v) is 2.65. The van der Waals surface area contributed by atoms with Gasteiger partial charge in [0.2, 0.25) is 0 Å². The van der Waals surface area contributed by atoms with E-state index < -0.39 is 0 Å². The number of halogens is 2. The van der Waals surface area contributed by atoms with Crippen LogP contribution in [0.3, 0.4) is 0 Å². The molecule has 3 nitrogen and oxygen atoms in total. The molecule has 0 N–H and O–H groups in total. The quantitative estimate of drug-likeness (QED) is 0.804. The molecule has 3 rings (SSSR count). The highest BCUT2D eigenvalue weighted by atomic mass is 79.9. The lowest BCUT2D eigenvalue weighted by Crippen LogP contribution is -2.19. The molecule has 17 heavy (non-hydrogen) atoms. The van der Waals surface area contributed by atoms with E-state index in [0.29, 0.717) is 5.52 Å². The van der Waals surface area contributed by atoms with E-state index in [9.17, 15) is 4.39 Å². The SMILES string of the molecule is Fc1ccc(Br)c2cnn(C3CCCCO3)c12. The lowest BCUT2D eigenvalue weighted by Gasteiger charge is -2.23. The van der Waals surface area contributed by atoms with Crippen molar-refractivity contribution in [1.82, 2.24) is 9.78 Å². The molecule has 1 unspecified atom stereocenters. The summed E-state index contributed by atoms with van der Waals surface area (Å²) in [5, 5.41) is 5.05. The van der Waals surface area contributed by atoms with Crippen LogP contribution in [0.1, 0.15) is 25.5 Å². The van der Waals surface area contributed by atoms with Crippen molar-refractivity contribution >= 4 is 26.8 Å². The van der Waals surface area contributed by atoms with Gasteiger partial charge in [0.05, 0.1) is 6.20 Å². The molecule has 1 aromatic carbocycles. The molecule has 1 aliphatic rings. The van der Waals surface area contributed by atoms with E-state index >= 15 is 0 Å². The number of fused-ring (bicyclic) bond motifs is 1. The van der Waals surface area contributed by atoms with Gasteiger partial charge in [-0.1, -0.05) is 15.9 Å². The molecule has 2 heterocycles. The second-order valence-corrected chi connectivity index (χ2v) is 5.06. The van der Waals surface area contributed by atoms with Crippen molar-refractivity contribution in [2.24, 2.45) is 0 Å². The predicted molar refractivity (Wildman–Crippen MR) is 66.2 cm³/mol. The standard InChI is InChI=1S/C12H12BrFN2O/c13-9-4-5-10(14)12-8(9)7-15-16(12)11-3-1-2-6-17-11/h4-5,7,11H,1-3,6H2. The molecule has 1 fully saturated rings. The Labute approximate surface area is 107 Å². The number of rotatable bonds is 1. The summed E-state index contributed by atoms with van der Waals surface area (Å²) in [5.41, 5.74) is 0.520. The Balaban J connectivity index is 2.13. The molecule has 5 heteroatoms. The molecule has 0 bridgehead atoms. The van der Waals surface area contributed by atoms with E-state index in [1.54, 1.807) is 16.9 Å². The topological polar surface area (TPSA) is 27.1 Å². The van der Waals surface area contributed by atoms with Gasteiger partial charge in [-0.25, -0.2) is 9.07 Å². The number of nitrogens with zero attached hydrogens (tertiary/aromatic N) is 2. The maximum absolute atomic E-state index is 13.9. The Morgan fingerprint density at radius 1 is 1.41 bits per heavy atom. The molecule has 0 radical (unpaired) electrons. The summed E-state index contributed by atoms with van der Waals surface area (Å²) in [4.78, 5) is 0. The van der Waals surface area contributed by atoms with E-state index in [4.69, 9.17) is 4.74 Å². The number of benzene rings is 1. The van der Waals surface area contributed by atoms with E-state index in [-0.39, 0.29) is 12.0 Å². The number of ether oxygens (including phenoxy) is 1. The highest BCUT2D eigenvalue weighted by molar-refractivity contribution is 9.10. The van der Waals surface area contributed by atoms with Gasteiger partial charge in [0.1, 0.15) is 11.3 Å². The van der Waals surface area contributed by atoms with E-state index in [2.05, 4.69) is 21.0 Å². The Morgan fingerprint density at radius 3 is 3.06 bits per heavy atom. The zero-order valence-corrected chi connectivity index (χ0v) is 10.8. The predicted octanol–water partition coefficient (Wildman–Crippen LogP) is 3.64. The molecule has 1 saturated heterocycles. The van der Waals surface area contributed by atoms with Crippen molar-refractivity contribution in [1.29, 1.82) is 0 Å². The van der Waals surface area contributed by atoms with Crippen LogP contribution in [-0.4, -0.2) is 16.4 Å². The van der Waals surface area contributed by atoms with E-state index in [1.807, 2.05) is 0 Å². The summed E-state index contributed by atoms with van der Waals surface area (Å²) in [5.74, 6) is -0.255. The normalized spacial score (nSPS) is 20.9. The summed E-state index contributed by atoms with van der Waals surface area (Å²) in [6.45, 7) is 0.724. The van der Waals surface area contributed by atoms with Crippen molar-refractivity contribution in [2.45, 2.75) is 25.5 Å². The van der Waals surface area contributed by atoms with Crippen LogP contribution in [0.25, 0.3) is 10.9 Å². The second-order valence-electron chi connectivity index (χ2n) is 4.20. The van der Waals surface area contributed by atoms with Crippen LogP contribution in [-0.2, 0) is 4.74 Å². The van der Waals surface area contributed by atoms with Crippen molar-refractivity contribution in [3.8, 4) is 0 Å². The van der Waals surface area contributed by atoms with E-state index in [0.717, 1.165) is 35.7 Å². The van der Waals surface area contributed by atoms with Gasteiger partial charge in [-0.3, -0.25) is 0 Å². The van der Waals surface area contributed by atoms with Crippen LogP contribution in [0.2, 0.25) is 0 Å². The third-order valence-electron chi connectivity index (χ3n) is 3.08. The first-order chi connectivity index (χ1) is 8.27. The van der Waals surface area contributed by atoms with Gasteiger partial charge in [0, 0.05) is 16.5 Å². The fraction of sp³-hybridized carbons (Fsp3) is 0.417. The minimum absolute atomic E-state index is 0.134. The molecule has 0 spiro atoms. The van der Waals surface area contributed by atoms with Crippen molar-refractivity contribution < 1.29 is 9.13 Å². The average Bonchev–Trinajstić information content (AvgIpc) is 2.81. The highest BCUT2D eigenvalue weighted by Crippen LogP contribution is 2.31. The molecule has 0 aliphatic carbocycles. The van der Waals surface area contributed by atoms with Gasteiger partial charge in [-0.2, -0.15) is 5.10 Å². The summed E-state index contributed by atoms with van der Waals surface area (Å²) in [7, 11) is 0. The fourth-order valence-electron chi connectivity index (χ4n) is 2.23. The molecule has 0 saturated carbocycles. The van der Waals surface area contributed by atoms with Crippen molar-refractivity contribution in [3.63, 3.8) is 0 Å². The maximum Gasteiger partial charge on any atom is 0.150 e. The first-order valence-corrected chi connectivity index (χ1v) is 6.49. The van der Waals surface area contributed by atoms with Crippen LogP contribution in [0.4, 0.5) is 4.39 Å². The molecule has 90 valence electrons. The minimum Gasteiger partial charge on any atom is -0.356 e. The molecular formula is C12H12BrFN2O. The first kappa shape index (κ1) is 11.2. The van der Waals surface area contributed by atoms with Crippen molar-refractivity contribution in [3.05, 3.63) is 28.6 Å². The first-order valence-electron chi connectivity index (χ1n) is 5.70. The molecular weight excluding hydrogens is 287 g/mol. The van der Waals surface area contributed by atoms with Gasteiger partial charge in [0.15, 0.2) is 6.23 Å². The molecule has 1 aliphatic heterocycles. The Kier molecular flexibility index (Phi) is 2.88. The van der Waals surface area contributed by atoms with Gasteiger partial charge in [0.25, 0.3) is 0 Å². The number of hydrogen-bond acceptors (Lipinski definition) is 2. The third-order valence-corrected chi connectivity index (χ3v) is 3.77. The summed E-state index contributed by atoms with van der Waals surface area (Å²) in [6, 6.07) is 3.15. The van der Waals surface area contributed by atoms with E-state index in [1.165, 1.54) is 6.07 Å². The Bertz CT molecular complexity index is 549. The second kappa shape index (κ2) is 4.38. The van der Waals surface area contributed by atoms with Crippen molar-refractivity contribution in [2.75, 3.05) is 6.61 Å². The third kappa shape index (κ3) is 1.87. The summed E-state index contributed by atoms with van der Waals surface area (Å²) in [6.07, 6.45) is 4.61. The average molecular weight is 299 g/mol. The van der Waals surface area contributed by atoms with Crippen LogP contribution >= 0.6 is 15.9 Å². The summed E-state index contributed by atoms with van der Waals surface area (Å²) >= 11 is 3.41. The Morgan fingerprint density at radius 2 is 2.29 bits per heavy atom. The molecule has 1 aromatic heterocycles. The van der Waals surface area contributed by atoms with Gasteiger partial charge in [-0.15, -0.1) is 0 Å². The number of hydrogen-bond donors (Lipinski definition) is 0. The summed E-state index contributed by atoms with van der Waals surface area (Å²) < 4.78 is 22.0. The molecule has 1 atom stereocenters.